The van der Waals surface area contributed by atoms with E-state index in [1.807, 2.05) is 0 Å². The third kappa shape index (κ3) is 1.96. The van der Waals surface area contributed by atoms with Crippen LogP contribution in [0.15, 0.2) is 18.2 Å². The molecule has 0 amide bonds. The van der Waals surface area contributed by atoms with Gasteiger partial charge in [-0.1, -0.05) is 0 Å². The molecule has 2 N–H and O–H groups in total. The number of phenols is 1. The average molecular weight is 184 g/mol. The highest BCUT2D eigenvalue weighted by molar-refractivity contribution is 5.76. The minimum absolute atomic E-state index is 0.0903. The summed E-state index contributed by atoms with van der Waals surface area (Å²) < 4.78 is 12.7. The largest absolute Gasteiger partial charge is 0.508 e. The van der Waals surface area contributed by atoms with Gasteiger partial charge in [-0.05, 0) is 25.1 Å². The molecule has 0 aliphatic carbocycles. The van der Waals surface area contributed by atoms with Crippen LogP contribution in [0.1, 0.15) is 18.4 Å². The maximum Gasteiger partial charge on any atom is 0.310 e. The molecular formula is C9H9FO3. The highest BCUT2D eigenvalue weighted by Gasteiger charge is 2.17. The van der Waals surface area contributed by atoms with E-state index in [-0.39, 0.29) is 11.3 Å². The number of carboxylic acids is 1. The number of benzene rings is 1. The first-order valence-corrected chi connectivity index (χ1v) is 3.73. The molecule has 0 saturated heterocycles. The van der Waals surface area contributed by atoms with E-state index in [9.17, 15) is 14.3 Å². The SMILES string of the molecule is CC(C(=O)O)c1cc(F)ccc1O. The van der Waals surface area contributed by atoms with Gasteiger partial charge in [-0.25, -0.2) is 4.39 Å². The number of halogens is 1. The quantitative estimate of drug-likeness (QED) is 0.735. The van der Waals surface area contributed by atoms with E-state index in [1.54, 1.807) is 0 Å². The van der Waals surface area contributed by atoms with Gasteiger partial charge in [0.15, 0.2) is 0 Å². The highest BCUT2D eigenvalue weighted by atomic mass is 19.1. The van der Waals surface area contributed by atoms with Crippen LogP contribution in [0.25, 0.3) is 0 Å². The lowest BCUT2D eigenvalue weighted by molar-refractivity contribution is -0.138. The monoisotopic (exact) mass is 184 g/mol. The van der Waals surface area contributed by atoms with Gasteiger partial charge < -0.3 is 10.2 Å². The Morgan fingerprint density at radius 2 is 2.15 bits per heavy atom. The smallest absolute Gasteiger partial charge is 0.310 e. The topological polar surface area (TPSA) is 57.5 Å². The summed E-state index contributed by atoms with van der Waals surface area (Å²) in [4.78, 5) is 10.5. The van der Waals surface area contributed by atoms with Crippen molar-refractivity contribution < 1.29 is 19.4 Å². The van der Waals surface area contributed by atoms with E-state index in [0.29, 0.717) is 0 Å². The van der Waals surface area contributed by atoms with E-state index in [2.05, 4.69) is 0 Å². The normalized spacial score (nSPS) is 12.5. The molecule has 0 spiro atoms. The minimum Gasteiger partial charge on any atom is -0.508 e. The summed E-state index contributed by atoms with van der Waals surface area (Å²) >= 11 is 0. The zero-order valence-electron chi connectivity index (χ0n) is 6.99. The molecule has 1 unspecified atom stereocenters. The summed E-state index contributed by atoms with van der Waals surface area (Å²) in [5, 5.41) is 17.8. The summed E-state index contributed by atoms with van der Waals surface area (Å²) in [6.45, 7) is 1.39. The second kappa shape index (κ2) is 3.43. The van der Waals surface area contributed by atoms with Crippen molar-refractivity contribution in [3.8, 4) is 5.75 Å². The number of carbonyl (C=O) groups is 1. The van der Waals surface area contributed by atoms with Crippen LogP contribution in [0.5, 0.6) is 5.75 Å². The Morgan fingerprint density at radius 3 is 2.69 bits per heavy atom. The Labute approximate surface area is 74.4 Å². The van der Waals surface area contributed by atoms with E-state index in [1.165, 1.54) is 6.92 Å². The zero-order chi connectivity index (χ0) is 10.0. The van der Waals surface area contributed by atoms with Crippen molar-refractivity contribution in [3.05, 3.63) is 29.6 Å². The molecule has 0 fully saturated rings. The molecule has 0 bridgehead atoms. The summed E-state index contributed by atoms with van der Waals surface area (Å²) in [5.41, 5.74) is 0.0903. The molecule has 1 aromatic rings. The van der Waals surface area contributed by atoms with Gasteiger partial charge in [-0.3, -0.25) is 4.79 Å². The first-order chi connectivity index (χ1) is 6.02. The fraction of sp³-hybridized carbons (Fsp3) is 0.222. The Balaban J connectivity index is 3.12. The van der Waals surface area contributed by atoms with Crippen LogP contribution in [-0.4, -0.2) is 16.2 Å². The molecule has 0 aliphatic heterocycles. The molecule has 1 atom stereocenters. The van der Waals surface area contributed by atoms with Crippen LogP contribution in [0.2, 0.25) is 0 Å². The van der Waals surface area contributed by atoms with Gasteiger partial charge >= 0.3 is 5.97 Å². The first kappa shape index (κ1) is 9.51. The maximum absolute atomic E-state index is 12.7. The van der Waals surface area contributed by atoms with Gasteiger partial charge in [0.25, 0.3) is 0 Å². The molecule has 1 rings (SSSR count). The van der Waals surface area contributed by atoms with Crippen molar-refractivity contribution in [3.63, 3.8) is 0 Å². The second-order valence-corrected chi connectivity index (χ2v) is 2.76. The van der Waals surface area contributed by atoms with Gasteiger partial charge in [-0.15, -0.1) is 0 Å². The minimum atomic E-state index is -1.10. The Morgan fingerprint density at radius 1 is 1.54 bits per heavy atom. The molecular weight excluding hydrogens is 175 g/mol. The van der Waals surface area contributed by atoms with Crippen molar-refractivity contribution >= 4 is 5.97 Å². The van der Waals surface area contributed by atoms with Gasteiger partial charge in [0.05, 0.1) is 5.92 Å². The van der Waals surface area contributed by atoms with Gasteiger partial charge in [0.2, 0.25) is 0 Å². The molecule has 13 heavy (non-hydrogen) atoms. The van der Waals surface area contributed by atoms with E-state index < -0.39 is 17.7 Å². The fourth-order valence-corrected chi connectivity index (χ4v) is 1.01. The van der Waals surface area contributed by atoms with Crippen molar-refractivity contribution in [2.75, 3.05) is 0 Å². The second-order valence-electron chi connectivity index (χ2n) is 2.76. The molecule has 0 heterocycles. The van der Waals surface area contributed by atoms with Crippen LogP contribution < -0.4 is 0 Å². The summed E-state index contributed by atoms with van der Waals surface area (Å²) in [7, 11) is 0. The molecule has 4 heteroatoms. The van der Waals surface area contributed by atoms with Gasteiger partial charge in [0.1, 0.15) is 11.6 Å². The Hall–Kier alpha value is -1.58. The average Bonchev–Trinajstić information content (AvgIpc) is 2.08. The standard InChI is InChI=1S/C9H9FO3/c1-5(9(12)13)7-4-6(10)2-3-8(7)11/h2-5,11H,1H3,(H,12,13). The van der Waals surface area contributed by atoms with Crippen LogP contribution in [-0.2, 0) is 4.79 Å². The molecule has 0 aliphatic rings. The lowest BCUT2D eigenvalue weighted by Gasteiger charge is -2.08. The summed E-state index contributed by atoms with van der Waals surface area (Å²) in [6.07, 6.45) is 0. The third-order valence-electron chi connectivity index (χ3n) is 1.83. The van der Waals surface area contributed by atoms with Crippen molar-refractivity contribution in [1.29, 1.82) is 0 Å². The summed E-state index contributed by atoms with van der Waals surface area (Å²) in [6, 6.07) is 3.24. The molecule has 0 aromatic heterocycles. The van der Waals surface area contributed by atoms with Crippen molar-refractivity contribution in [2.45, 2.75) is 12.8 Å². The number of hydrogen-bond donors (Lipinski definition) is 2. The fourth-order valence-electron chi connectivity index (χ4n) is 1.01. The van der Waals surface area contributed by atoms with Crippen LogP contribution in [0.3, 0.4) is 0 Å². The number of aliphatic carboxylic acids is 1. The van der Waals surface area contributed by atoms with E-state index in [4.69, 9.17) is 5.11 Å². The number of aromatic hydroxyl groups is 1. The third-order valence-corrected chi connectivity index (χ3v) is 1.83. The van der Waals surface area contributed by atoms with Crippen molar-refractivity contribution in [1.82, 2.24) is 0 Å². The lowest BCUT2D eigenvalue weighted by atomic mass is 10.0. The van der Waals surface area contributed by atoms with Crippen LogP contribution in [0.4, 0.5) is 4.39 Å². The van der Waals surface area contributed by atoms with E-state index in [0.717, 1.165) is 18.2 Å². The number of rotatable bonds is 2. The van der Waals surface area contributed by atoms with Crippen molar-refractivity contribution in [2.24, 2.45) is 0 Å². The van der Waals surface area contributed by atoms with Gasteiger partial charge in [0, 0.05) is 5.56 Å². The Bertz CT molecular complexity index is 336. The molecule has 70 valence electrons. The molecule has 3 nitrogen and oxygen atoms in total. The molecule has 1 aromatic carbocycles. The number of hydrogen-bond acceptors (Lipinski definition) is 2. The van der Waals surface area contributed by atoms with Crippen LogP contribution >= 0.6 is 0 Å². The number of phenolic OH excluding ortho intramolecular Hbond substituents is 1. The summed E-state index contributed by atoms with van der Waals surface area (Å²) in [5.74, 6) is -2.76. The van der Waals surface area contributed by atoms with Crippen LogP contribution in [0, 0.1) is 5.82 Å². The number of carboxylic acid groups (broad SMARTS) is 1. The maximum atomic E-state index is 12.7. The first-order valence-electron chi connectivity index (χ1n) is 3.73. The lowest BCUT2D eigenvalue weighted by Crippen LogP contribution is -2.07. The Kier molecular flexibility index (Phi) is 2.51. The van der Waals surface area contributed by atoms with Gasteiger partial charge in [-0.2, -0.15) is 0 Å². The zero-order valence-corrected chi connectivity index (χ0v) is 6.99. The predicted molar refractivity (Wildman–Crippen MR) is 44.1 cm³/mol. The molecule has 0 saturated carbocycles. The predicted octanol–water partition coefficient (Wildman–Crippen LogP) is 1.72. The molecule has 0 radical (unpaired) electrons. The van der Waals surface area contributed by atoms with E-state index >= 15 is 0 Å². The highest BCUT2D eigenvalue weighted by Crippen LogP contribution is 2.26.